The van der Waals surface area contributed by atoms with Crippen LogP contribution >= 0.6 is 0 Å². The van der Waals surface area contributed by atoms with Gasteiger partial charge >= 0.3 is 0 Å². The van der Waals surface area contributed by atoms with Crippen LogP contribution < -0.4 is 10.6 Å². The molecule has 0 aliphatic carbocycles. The van der Waals surface area contributed by atoms with E-state index in [0.717, 1.165) is 18.7 Å². The number of rotatable bonds is 7. The smallest absolute Gasteiger partial charge is 0.244 e. The molecule has 20 heavy (non-hydrogen) atoms. The second-order valence-corrected chi connectivity index (χ2v) is 4.29. The summed E-state index contributed by atoms with van der Waals surface area (Å²) in [7, 11) is 0. The first-order valence-corrected chi connectivity index (χ1v) is 6.63. The standard InChI is InChI=1S/C16H18N2O2/c19-16(10-9-15-8-4-13-20-15)18-12-5-11-17-14-6-2-1-3-7-14/h1-4,6-10,13,17H,5,11-12H2,(H,18,19)/b10-9+. The highest BCUT2D eigenvalue weighted by atomic mass is 16.3. The Kier molecular flexibility index (Phi) is 5.46. The van der Waals surface area contributed by atoms with E-state index >= 15 is 0 Å². The van der Waals surface area contributed by atoms with Crippen LogP contribution in [0.2, 0.25) is 0 Å². The van der Waals surface area contributed by atoms with Crippen molar-refractivity contribution < 1.29 is 9.21 Å². The van der Waals surface area contributed by atoms with Crippen LogP contribution in [-0.4, -0.2) is 19.0 Å². The van der Waals surface area contributed by atoms with Gasteiger partial charge in [0, 0.05) is 24.9 Å². The van der Waals surface area contributed by atoms with E-state index in [1.807, 2.05) is 30.3 Å². The number of anilines is 1. The van der Waals surface area contributed by atoms with E-state index in [2.05, 4.69) is 10.6 Å². The van der Waals surface area contributed by atoms with Gasteiger partial charge in [-0.25, -0.2) is 0 Å². The zero-order valence-corrected chi connectivity index (χ0v) is 11.2. The van der Waals surface area contributed by atoms with E-state index in [0.29, 0.717) is 12.3 Å². The van der Waals surface area contributed by atoms with Crippen LogP contribution in [-0.2, 0) is 4.79 Å². The van der Waals surface area contributed by atoms with E-state index in [1.165, 1.54) is 6.08 Å². The zero-order valence-electron chi connectivity index (χ0n) is 11.2. The summed E-state index contributed by atoms with van der Waals surface area (Å²) in [6.45, 7) is 1.47. The number of hydrogen-bond donors (Lipinski definition) is 2. The molecule has 4 nitrogen and oxygen atoms in total. The molecule has 0 fully saturated rings. The minimum atomic E-state index is -0.110. The minimum absolute atomic E-state index is 0.110. The predicted molar refractivity (Wildman–Crippen MR) is 80.3 cm³/mol. The van der Waals surface area contributed by atoms with Gasteiger partial charge in [-0.3, -0.25) is 4.79 Å². The molecule has 1 aromatic carbocycles. The van der Waals surface area contributed by atoms with Crippen molar-refractivity contribution in [2.75, 3.05) is 18.4 Å². The summed E-state index contributed by atoms with van der Waals surface area (Å²) in [4.78, 5) is 11.5. The van der Waals surface area contributed by atoms with E-state index in [1.54, 1.807) is 24.5 Å². The molecule has 4 heteroatoms. The van der Waals surface area contributed by atoms with Crippen LogP contribution in [0.4, 0.5) is 5.69 Å². The van der Waals surface area contributed by atoms with Crippen LogP contribution in [0.5, 0.6) is 0 Å². The summed E-state index contributed by atoms with van der Waals surface area (Å²) < 4.78 is 5.10. The maximum Gasteiger partial charge on any atom is 0.244 e. The Balaban J connectivity index is 1.58. The van der Waals surface area contributed by atoms with Crippen molar-refractivity contribution in [1.29, 1.82) is 0 Å². The van der Waals surface area contributed by atoms with Crippen molar-refractivity contribution in [3.05, 3.63) is 60.6 Å². The molecule has 0 aliphatic heterocycles. The van der Waals surface area contributed by atoms with Crippen LogP contribution in [0, 0.1) is 0 Å². The number of hydrogen-bond acceptors (Lipinski definition) is 3. The van der Waals surface area contributed by atoms with Crippen molar-refractivity contribution >= 4 is 17.7 Å². The van der Waals surface area contributed by atoms with Crippen LogP contribution in [0.1, 0.15) is 12.2 Å². The lowest BCUT2D eigenvalue weighted by Crippen LogP contribution is -2.23. The predicted octanol–water partition coefficient (Wildman–Crippen LogP) is 2.91. The third kappa shape index (κ3) is 5.02. The summed E-state index contributed by atoms with van der Waals surface area (Å²) in [5.74, 6) is 0.562. The molecule has 2 aromatic rings. The number of carbonyl (C=O) groups excluding carboxylic acids is 1. The average Bonchev–Trinajstić information content (AvgIpc) is 2.99. The van der Waals surface area contributed by atoms with Gasteiger partial charge in [0.05, 0.1) is 6.26 Å². The maximum absolute atomic E-state index is 11.5. The van der Waals surface area contributed by atoms with Crippen molar-refractivity contribution in [2.24, 2.45) is 0 Å². The number of para-hydroxylation sites is 1. The highest BCUT2D eigenvalue weighted by Gasteiger charge is 1.96. The van der Waals surface area contributed by atoms with Gasteiger partial charge in [-0.15, -0.1) is 0 Å². The van der Waals surface area contributed by atoms with Crippen LogP contribution in [0.15, 0.2) is 59.2 Å². The third-order valence-corrected chi connectivity index (χ3v) is 2.70. The van der Waals surface area contributed by atoms with E-state index in [-0.39, 0.29) is 5.91 Å². The lowest BCUT2D eigenvalue weighted by atomic mass is 10.3. The van der Waals surface area contributed by atoms with Gasteiger partial charge in [0.2, 0.25) is 5.91 Å². The number of benzene rings is 1. The Morgan fingerprint density at radius 2 is 1.95 bits per heavy atom. The van der Waals surface area contributed by atoms with E-state index < -0.39 is 0 Å². The van der Waals surface area contributed by atoms with Gasteiger partial charge in [0.25, 0.3) is 0 Å². The first-order valence-electron chi connectivity index (χ1n) is 6.63. The fourth-order valence-electron chi connectivity index (χ4n) is 1.69. The molecule has 0 bridgehead atoms. The zero-order chi connectivity index (χ0) is 14.0. The number of carbonyl (C=O) groups is 1. The fourth-order valence-corrected chi connectivity index (χ4v) is 1.69. The second-order valence-electron chi connectivity index (χ2n) is 4.29. The molecule has 0 atom stereocenters. The Hall–Kier alpha value is -2.49. The van der Waals surface area contributed by atoms with Crippen molar-refractivity contribution in [3.63, 3.8) is 0 Å². The number of amides is 1. The molecule has 1 aromatic heterocycles. The molecule has 2 rings (SSSR count). The van der Waals surface area contributed by atoms with Gasteiger partial charge in [0.1, 0.15) is 5.76 Å². The first-order chi connectivity index (χ1) is 9.84. The largest absolute Gasteiger partial charge is 0.465 e. The maximum atomic E-state index is 11.5. The highest BCUT2D eigenvalue weighted by Crippen LogP contribution is 2.04. The molecule has 0 unspecified atom stereocenters. The number of furan rings is 1. The molecule has 0 radical (unpaired) electrons. The fraction of sp³-hybridized carbons (Fsp3) is 0.188. The molecular formula is C16H18N2O2. The summed E-state index contributed by atoms with van der Waals surface area (Å²) in [5.41, 5.74) is 1.09. The van der Waals surface area contributed by atoms with Crippen molar-refractivity contribution in [2.45, 2.75) is 6.42 Å². The molecule has 0 saturated heterocycles. The van der Waals surface area contributed by atoms with Gasteiger partial charge in [0.15, 0.2) is 0 Å². The molecule has 2 N–H and O–H groups in total. The number of nitrogens with one attached hydrogen (secondary N) is 2. The molecule has 0 spiro atoms. The van der Waals surface area contributed by atoms with E-state index in [4.69, 9.17) is 4.42 Å². The molecule has 0 saturated carbocycles. The van der Waals surface area contributed by atoms with Crippen molar-refractivity contribution in [3.8, 4) is 0 Å². The Bertz CT molecular complexity index is 533. The van der Waals surface area contributed by atoms with E-state index in [9.17, 15) is 4.79 Å². The summed E-state index contributed by atoms with van der Waals surface area (Å²) >= 11 is 0. The van der Waals surface area contributed by atoms with Crippen LogP contribution in [0.3, 0.4) is 0 Å². The summed E-state index contributed by atoms with van der Waals surface area (Å²) in [5, 5.41) is 6.11. The quantitative estimate of drug-likeness (QED) is 0.601. The first kappa shape index (κ1) is 13.9. The highest BCUT2D eigenvalue weighted by molar-refractivity contribution is 5.91. The van der Waals surface area contributed by atoms with Crippen LogP contribution in [0.25, 0.3) is 6.08 Å². The Morgan fingerprint density at radius 3 is 2.70 bits per heavy atom. The average molecular weight is 270 g/mol. The lowest BCUT2D eigenvalue weighted by molar-refractivity contribution is -0.116. The minimum Gasteiger partial charge on any atom is -0.465 e. The normalized spacial score (nSPS) is 10.6. The van der Waals surface area contributed by atoms with Gasteiger partial charge in [-0.2, -0.15) is 0 Å². The van der Waals surface area contributed by atoms with Crippen molar-refractivity contribution in [1.82, 2.24) is 5.32 Å². The van der Waals surface area contributed by atoms with Gasteiger partial charge < -0.3 is 15.1 Å². The molecule has 1 heterocycles. The molecule has 104 valence electrons. The Morgan fingerprint density at radius 1 is 1.10 bits per heavy atom. The summed E-state index contributed by atoms with van der Waals surface area (Å²) in [6, 6.07) is 13.6. The van der Waals surface area contributed by atoms with Gasteiger partial charge in [-0.1, -0.05) is 18.2 Å². The summed E-state index contributed by atoms with van der Waals surface area (Å²) in [6.07, 6.45) is 5.57. The topological polar surface area (TPSA) is 54.3 Å². The Labute approximate surface area is 118 Å². The molecular weight excluding hydrogens is 252 g/mol. The monoisotopic (exact) mass is 270 g/mol. The van der Waals surface area contributed by atoms with Gasteiger partial charge in [-0.05, 0) is 36.8 Å². The lowest BCUT2D eigenvalue weighted by Gasteiger charge is -2.06. The second kappa shape index (κ2) is 7.84. The molecule has 0 aliphatic rings. The SMILES string of the molecule is O=C(/C=C/c1ccco1)NCCCNc1ccccc1. The third-order valence-electron chi connectivity index (χ3n) is 2.70. The molecule has 1 amide bonds.